The topological polar surface area (TPSA) is 43.4 Å². The Kier molecular flexibility index (Phi) is 4.55. The van der Waals surface area contributed by atoms with Crippen LogP contribution in [0.15, 0.2) is 0 Å². The average molecular weight is 172 g/mol. The van der Waals surface area contributed by atoms with Crippen LogP contribution in [-0.4, -0.2) is 17.9 Å². The molecule has 0 saturated heterocycles. The van der Waals surface area contributed by atoms with E-state index in [4.69, 9.17) is 4.74 Å². The minimum absolute atomic E-state index is 0.122. The zero-order valence-electron chi connectivity index (χ0n) is 8.09. The van der Waals surface area contributed by atoms with E-state index in [2.05, 4.69) is 0 Å². The largest absolute Gasteiger partial charge is 0.462 e. The number of hydrogen-bond donors (Lipinski definition) is 0. The number of rotatable bonds is 4. The molecular weight excluding hydrogens is 156 g/mol. The number of esters is 1. The summed E-state index contributed by atoms with van der Waals surface area (Å²) in [4.78, 5) is 22.1. The lowest BCUT2D eigenvalue weighted by Gasteiger charge is -2.13. The van der Waals surface area contributed by atoms with E-state index in [0.717, 1.165) is 0 Å². The molecule has 12 heavy (non-hydrogen) atoms. The molecule has 0 aliphatic heterocycles. The number of carbonyl (C=O) groups excluding carboxylic acids is 2. The molecule has 0 aromatic rings. The van der Waals surface area contributed by atoms with Crippen LogP contribution in [0.5, 0.6) is 0 Å². The maximum atomic E-state index is 11.2. The Bertz CT molecular complexity index is 173. The van der Waals surface area contributed by atoms with E-state index < -0.39 is 11.9 Å². The zero-order chi connectivity index (χ0) is 9.72. The van der Waals surface area contributed by atoms with Crippen molar-refractivity contribution in [2.24, 2.45) is 5.92 Å². The van der Waals surface area contributed by atoms with Crippen LogP contribution >= 0.6 is 0 Å². The summed E-state index contributed by atoms with van der Waals surface area (Å²) in [5, 5.41) is 0. The number of ketones is 1. The van der Waals surface area contributed by atoms with Gasteiger partial charge in [0.15, 0.2) is 0 Å². The van der Waals surface area contributed by atoms with E-state index in [1.165, 1.54) is 6.92 Å². The van der Waals surface area contributed by atoms with Crippen molar-refractivity contribution in [2.45, 2.75) is 40.2 Å². The van der Waals surface area contributed by atoms with Crippen molar-refractivity contribution >= 4 is 11.8 Å². The van der Waals surface area contributed by atoms with Gasteiger partial charge in [-0.25, -0.2) is 0 Å². The van der Waals surface area contributed by atoms with Gasteiger partial charge in [-0.05, 0) is 27.2 Å². The third-order valence-corrected chi connectivity index (χ3v) is 1.54. The minimum Gasteiger partial charge on any atom is -0.462 e. The number of hydrogen-bond acceptors (Lipinski definition) is 3. The maximum absolute atomic E-state index is 11.2. The van der Waals surface area contributed by atoms with Gasteiger partial charge in [-0.1, -0.05) is 6.92 Å². The molecule has 0 bridgehead atoms. The van der Waals surface area contributed by atoms with Crippen LogP contribution in [0.1, 0.15) is 34.1 Å². The third-order valence-electron chi connectivity index (χ3n) is 1.54. The van der Waals surface area contributed by atoms with Gasteiger partial charge >= 0.3 is 5.97 Å². The van der Waals surface area contributed by atoms with Crippen LogP contribution in [0.4, 0.5) is 0 Å². The van der Waals surface area contributed by atoms with E-state index in [1.54, 1.807) is 20.8 Å². The summed E-state index contributed by atoms with van der Waals surface area (Å²) >= 11 is 0. The molecule has 0 radical (unpaired) electrons. The van der Waals surface area contributed by atoms with Crippen molar-refractivity contribution in [1.82, 2.24) is 0 Å². The number of Topliss-reactive ketones (excluding diaryl/α,β-unsaturated/α-hetero) is 1. The van der Waals surface area contributed by atoms with Crippen LogP contribution < -0.4 is 0 Å². The van der Waals surface area contributed by atoms with Crippen molar-refractivity contribution in [3.05, 3.63) is 0 Å². The van der Waals surface area contributed by atoms with Gasteiger partial charge in [0.05, 0.1) is 6.10 Å². The van der Waals surface area contributed by atoms with Crippen LogP contribution in [0.2, 0.25) is 0 Å². The Morgan fingerprint density at radius 3 is 2.08 bits per heavy atom. The minimum atomic E-state index is -0.576. The van der Waals surface area contributed by atoms with Gasteiger partial charge in [0, 0.05) is 0 Å². The highest BCUT2D eigenvalue weighted by Crippen LogP contribution is 2.07. The van der Waals surface area contributed by atoms with E-state index >= 15 is 0 Å². The van der Waals surface area contributed by atoms with Gasteiger partial charge < -0.3 is 4.74 Å². The summed E-state index contributed by atoms with van der Waals surface area (Å²) in [6.07, 6.45) is 0.367. The Morgan fingerprint density at radius 1 is 1.33 bits per heavy atom. The molecule has 0 fully saturated rings. The molecule has 0 amide bonds. The number of ether oxygens (including phenoxy) is 1. The monoisotopic (exact) mass is 172 g/mol. The second kappa shape index (κ2) is 4.91. The summed E-state index contributed by atoms with van der Waals surface area (Å²) in [7, 11) is 0. The molecule has 0 aliphatic carbocycles. The first kappa shape index (κ1) is 11.1. The van der Waals surface area contributed by atoms with Crippen molar-refractivity contribution < 1.29 is 14.3 Å². The number of carbonyl (C=O) groups is 2. The molecule has 0 heterocycles. The quantitative estimate of drug-likeness (QED) is 0.477. The molecule has 0 rings (SSSR count). The lowest BCUT2D eigenvalue weighted by molar-refractivity contribution is -0.155. The van der Waals surface area contributed by atoms with Crippen molar-refractivity contribution in [3.8, 4) is 0 Å². The van der Waals surface area contributed by atoms with Gasteiger partial charge in [-0.2, -0.15) is 0 Å². The first-order valence-corrected chi connectivity index (χ1v) is 4.20. The highest BCUT2D eigenvalue weighted by molar-refractivity contribution is 5.97. The average Bonchev–Trinajstić information content (AvgIpc) is 1.85. The predicted molar refractivity (Wildman–Crippen MR) is 45.7 cm³/mol. The van der Waals surface area contributed by atoms with E-state index in [0.29, 0.717) is 6.42 Å². The Balaban J connectivity index is 4.13. The van der Waals surface area contributed by atoms with Gasteiger partial charge in [0.1, 0.15) is 11.7 Å². The Labute approximate surface area is 73.1 Å². The Morgan fingerprint density at radius 2 is 1.83 bits per heavy atom. The molecule has 0 aromatic heterocycles. The second-order valence-electron chi connectivity index (χ2n) is 3.06. The molecule has 0 N–H and O–H groups in total. The van der Waals surface area contributed by atoms with Crippen LogP contribution in [0.3, 0.4) is 0 Å². The van der Waals surface area contributed by atoms with Crippen LogP contribution in [-0.2, 0) is 14.3 Å². The third kappa shape index (κ3) is 3.51. The SMILES string of the molecule is CC[C@@H](C(C)=O)C(=O)OC(C)C. The van der Waals surface area contributed by atoms with Crippen molar-refractivity contribution in [2.75, 3.05) is 0 Å². The second-order valence-corrected chi connectivity index (χ2v) is 3.06. The molecule has 0 aromatic carbocycles. The summed E-state index contributed by atoms with van der Waals surface area (Å²) in [5.74, 6) is -1.10. The van der Waals surface area contributed by atoms with Crippen molar-refractivity contribution in [1.29, 1.82) is 0 Å². The summed E-state index contributed by atoms with van der Waals surface area (Å²) in [5.41, 5.74) is 0. The smallest absolute Gasteiger partial charge is 0.316 e. The van der Waals surface area contributed by atoms with Gasteiger partial charge in [-0.15, -0.1) is 0 Å². The standard InChI is InChI=1S/C9H16O3/c1-5-8(7(4)10)9(11)12-6(2)3/h6,8H,5H2,1-4H3/t8-/m0/s1. The van der Waals surface area contributed by atoms with Crippen LogP contribution in [0, 0.1) is 5.92 Å². The lowest BCUT2D eigenvalue weighted by atomic mass is 10.0. The maximum Gasteiger partial charge on any atom is 0.316 e. The first-order chi connectivity index (χ1) is 5.49. The van der Waals surface area contributed by atoms with Crippen LogP contribution in [0.25, 0.3) is 0 Å². The highest BCUT2D eigenvalue weighted by Gasteiger charge is 2.23. The molecule has 1 atom stereocenters. The van der Waals surface area contributed by atoms with Gasteiger partial charge in [0.25, 0.3) is 0 Å². The first-order valence-electron chi connectivity index (χ1n) is 4.20. The molecule has 3 nitrogen and oxygen atoms in total. The molecule has 3 heteroatoms. The van der Waals surface area contributed by atoms with Crippen molar-refractivity contribution in [3.63, 3.8) is 0 Å². The summed E-state index contributed by atoms with van der Waals surface area (Å²) in [6, 6.07) is 0. The zero-order valence-corrected chi connectivity index (χ0v) is 8.09. The molecule has 0 spiro atoms. The summed E-state index contributed by atoms with van der Waals surface area (Å²) < 4.78 is 4.90. The Hall–Kier alpha value is -0.860. The van der Waals surface area contributed by atoms with E-state index in [-0.39, 0.29) is 11.9 Å². The fourth-order valence-corrected chi connectivity index (χ4v) is 0.935. The molecule has 0 aliphatic rings. The normalized spacial score (nSPS) is 12.8. The molecular formula is C9H16O3. The van der Waals surface area contributed by atoms with E-state index in [1.807, 2.05) is 0 Å². The fourth-order valence-electron chi connectivity index (χ4n) is 0.935. The fraction of sp³-hybridized carbons (Fsp3) is 0.778. The predicted octanol–water partition coefficient (Wildman–Crippen LogP) is 1.55. The summed E-state index contributed by atoms with van der Waals surface area (Å²) in [6.45, 7) is 6.75. The molecule has 0 saturated carbocycles. The van der Waals surface area contributed by atoms with Gasteiger partial charge in [0.2, 0.25) is 0 Å². The lowest BCUT2D eigenvalue weighted by Crippen LogP contribution is -2.25. The molecule has 0 unspecified atom stereocenters. The highest BCUT2D eigenvalue weighted by atomic mass is 16.5. The van der Waals surface area contributed by atoms with Gasteiger partial charge in [-0.3, -0.25) is 9.59 Å². The molecule has 70 valence electrons. The van der Waals surface area contributed by atoms with E-state index in [9.17, 15) is 9.59 Å².